The third-order valence-corrected chi connectivity index (χ3v) is 7.37. The highest BCUT2D eigenvalue weighted by Gasteiger charge is 2.55. The van der Waals surface area contributed by atoms with Crippen molar-refractivity contribution >= 4 is 29.7 Å². The number of ether oxygens (including phenoxy) is 1. The van der Waals surface area contributed by atoms with Crippen LogP contribution in [-0.4, -0.2) is 46.8 Å². The first-order valence-corrected chi connectivity index (χ1v) is 13.0. The van der Waals surface area contributed by atoms with E-state index in [-0.39, 0.29) is 6.03 Å². The van der Waals surface area contributed by atoms with E-state index in [0.29, 0.717) is 42.7 Å². The molecule has 0 spiro atoms. The molecule has 1 fully saturated rings. The summed E-state index contributed by atoms with van der Waals surface area (Å²) >= 11 is 0. The van der Waals surface area contributed by atoms with Crippen LogP contribution in [0, 0.1) is 0 Å². The van der Waals surface area contributed by atoms with Gasteiger partial charge >= 0.3 is 6.03 Å². The Balaban J connectivity index is 1.44. The number of hydrogen-bond acceptors (Lipinski definition) is 7. The van der Waals surface area contributed by atoms with E-state index in [9.17, 15) is 4.79 Å². The van der Waals surface area contributed by atoms with Crippen LogP contribution in [0.2, 0.25) is 0 Å². The van der Waals surface area contributed by atoms with Crippen LogP contribution in [0.5, 0.6) is 5.75 Å². The molecule has 3 heterocycles. The average molecular weight is 535 g/mol. The van der Waals surface area contributed by atoms with Gasteiger partial charge in [0, 0.05) is 19.3 Å². The molecule has 202 valence electrons. The Labute approximate surface area is 232 Å². The molecular formula is C30H30N8O2. The number of urea groups is 1. The molecule has 10 nitrogen and oxygen atoms in total. The minimum absolute atomic E-state index is 0.263. The van der Waals surface area contributed by atoms with Crippen molar-refractivity contribution < 1.29 is 9.53 Å². The summed E-state index contributed by atoms with van der Waals surface area (Å²) in [6.07, 6.45) is 3.27. The molecule has 1 unspecified atom stereocenters. The zero-order valence-corrected chi connectivity index (χ0v) is 22.3. The molecule has 0 radical (unpaired) electrons. The molecular weight excluding hydrogens is 504 g/mol. The molecule has 6 rings (SSSR count). The van der Waals surface area contributed by atoms with Crippen LogP contribution in [-0.2, 0) is 25.2 Å². The summed E-state index contributed by atoms with van der Waals surface area (Å²) in [5, 5.41) is 6.36. The first-order chi connectivity index (χ1) is 19.5. The number of nitrogens with one attached hydrogen (secondary N) is 2. The molecule has 2 aliphatic rings. The fourth-order valence-corrected chi connectivity index (χ4v) is 5.21. The molecule has 0 aliphatic carbocycles. The minimum atomic E-state index is -1.14. The number of carbonyl (C=O) groups is 1. The first-order valence-electron chi connectivity index (χ1n) is 13.0. The van der Waals surface area contributed by atoms with Gasteiger partial charge in [0.25, 0.3) is 0 Å². The number of nitrogens with two attached hydrogens (primary N) is 1. The topological polar surface area (TPSA) is 122 Å². The summed E-state index contributed by atoms with van der Waals surface area (Å²) in [6.45, 7) is 1.38. The maximum Gasteiger partial charge on any atom is 0.324 e. The van der Waals surface area contributed by atoms with Gasteiger partial charge in [0.1, 0.15) is 17.8 Å². The van der Waals surface area contributed by atoms with Crippen LogP contribution < -0.4 is 21.1 Å². The summed E-state index contributed by atoms with van der Waals surface area (Å²) in [5.41, 5.74) is 10.1. The van der Waals surface area contributed by atoms with Gasteiger partial charge < -0.3 is 25.7 Å². The summed E-state index contributed by atoms with van der Waals surface area (Å²) in [7, 11) is 3.50. The lowest BCUT2D eigenvalue weighted by molar-refractivity contribution is 0.225. The highest BCUT2D eigenvalue weighted by atomic mass is 16.5. The van der Waals surface area contributed by atoms with Gasteiger partial charge in [-0.05, 0) is 46.5 Å². The lowest BCUT2D eigenvalue weighted by Gasteiger charge is -2.28. The number of methoxy groups -OCH3 is 1. The van der Waals surface area contributed by atoms with Crippen LogP contribution in [0.4, 0.5) is 16.3 Å². The number of imidazole rings is 1. The molecule has 4 N–H and O–H groups in total. The fourth-order valence-electron chi connectivity index (χ4n) is 5.21. The van der Waals surface area contributed by atoms with Crippen LogP contribution in [0.15, 0.2) is 89.1 Å². The van der Waals surface area contributed by atoms with Gasteiger partial charge in [-0.25, -0.2) is 19.8 Å². The van der Waals surface area contributed by atoms with E-state index < -0.39 is 5.54 Å². The normalized spacial score (nSPS) is 17.5. The maximum atomic E-state index is 13.7. The number of carbonyl (C=O) groups excluding carboxylic acids is 1. The molecule has 10 heteroatoms. The summed E-state index contributed by atoms with van der Waals surface area (Å²) in [6, 6.07) is 23.4. The summed E-state index contributed by atoms with van der Waals surface area (Å²) in [5.74, 6) is 1.85. The zero-order chi connectivity index (χ0) is 27.7. The lowest BCUT2D eigenvalue weighted by Crippen LogP contribution is -2.45. The predicted octanol–water partition coefficient (Wildman–Crippen LogP) is 3.98. The van der Waals surface area contributed by atoms with E-state index in [2.05, 4.69) is 22.8 Å². The molecule has 0 saturated carbocycles. The summed E-state index contributed by atoms with van der Waals surface area (Å²) < 4.78 is 7.37. The van der Waals surface area contributed by atoms with E-state index in [4.69, 9.17) is 25.4 Å². The number of rotatable bonds is 8. The van der Waals surface area contributed by atoms with Crippen LogP contribution in [0.25, 0.3) is 0 Å². The molecule has 1 saturated heterocycles. The van der Waals surface area contributed by atoms with Crippen molar-refractivity contribution in [3.63, 3.8) is 0 Å². The standard InChI is InChI=1S/C30H30N8O2/c1-32-24-11-7-22(8-12-24)17-38-28-30(36-29(38)39,23-9-13-25(40-2)14-10-23)26-27(33-18-34-28)37(19-35-26)16-21-5-3-20(15-31)4-6-21/h3-14,18-19,32H,15-17,31H2,1-2H3,(H,36,39). The van der Waals surface area contributed by atoms with Gasteiger partial charge in [0.05, 0.1) is 26.5 Å². The SMILES string of the molecule is CNc1ccc(CN2C(=O)NC3(c4ccc(OC)cc4)C2=NC=Nc2c3ncn2Cc2ccc(CN)cc2)cc1. The number of benzene rings is 3. The highest BCUT2D eigenvalue weighted by Crippen LogP contribution is 2.42. The first kappa shape index (κ1) is 25.3. The minimum Gasteiger partial charge on any atom is -0.497 e. The van der Waals surface area contributed by atoms with Crippen molar-refractivity contribution in [1.29, 1.82) is 0 Å². The van der Waals surface area contributed by atoms with Crippen molar-refractivity contribution in [2.45, 2.75) is 25.2 Å². The Bertz CT molecular complexity index is 1590. The van der Waals surface area contributed by atoms with E-state index in [1.165, 1.54) is 6.34 Å². The number of nitrogens with zero attached hydrogens (tertiary/aromatic N) is 5. The fraction of sp³-hybridized carbons (Fsp3) is 0.200. The van der Waals surface area contributed by atoms with Crippen molar-refractivity contribution in [1.82, 2.24) is 19.8 Å². The molecule has 2 aliphatic heterocycles. The van der Waals surface area contributed by atoms with Gasteiger partial charge in [0.15, 0.2) is 17.2 Å². The van der Waals surface area contributed by atoms with E-state index >= 15 is 0 Å². The summed E-state index contributed by atoms with van der Waals surface area (Å²) in [4.78, 5) is 29.6. The Kier molecular flexibility index (Phi) is 6.53. The van der Waals surface area contributed by atoms with Crippen LogP contribution in [0.1, 0.15) is 27.9 Å². The van der Waals surface area contributed by atoms with Crippen LogP contribution in [0.3, 0.4) is 0 Å². The average Bonchev–Trinajstić information content (AvgIpc) is 3.46. The highest BCUT2D eigenvalue weighted by molar-refractivity contribution is 6.15. The smallest absolute Gasteiger partial charge is 0.324 e. The number of aromatic nitrogens is 2. The molecule has 0 bridgehead atoms. The molecule has 1 atom stereocenters. The molecule has 4 aromatic rings. The van der Waals surface area contributed by atoms with E-state index in [1.54, 1.807) is 18.3 Å². The second-order valence-corrected chi connectivity index (χ2v) is 9.70. The number of aliphatic imine (C=N–C) groups is 2. The molecule has 3 aromatic carbocycles. The zero-order valence-electron chi connectivity index (χ0n) is 22.3. The van der Waals surface area contributed by atoms with Gasteiger partial charge in [-0.1, -0.05) is 48.5 Å². The Hall–Kier alpha value is -4.96. The molecule has 40 heavy (non-hydrogen) atoms. The second-order valence-electron chi connectivity index (χ2n) is 9.70. The maximum absolute atomic E-state index is 13.7. The second kappa shape index (κ2) is 10.3. The van der Waals surface area contributed by atoms with Crippen molar-refractivity contribution in [2.24, 2.45) is 15.7 Å². The largest absolute Gasteiger partial charge is 0.497 e. The van der Waals surface area contributed by atoms with Gasteiger partial charge in [-0.3, -0.25) is 4.90 Å². The van der Waals surface area contributed by atoms with Gasteiger partial charge in [0.2, 0.25) is 0 Å². The van der Waals surface area contributed by atoms with Crippen molar-refractivity contribution in [3.05, 3.63) is 107 Å². The van der Waals surface area contributed by atoms with E-state index in [1.807, 2.05) is 72.3 Å². The third kappa shape index (κ3) is 4.28. The number of amidine groups is 1. The molecule has 1 aromatic heterocycles. The predicted molar refractivity (Wildman–Crippen MR) is 155 cm³/mol. The number of amides is 2. The number of hydrogen-bond donors (Lipinski definition) is 3. The Morgan fingerprint density at radius 2 is 1.62 bits per heavy atom. The lowest BCUT2D eigenvalue weighted by atomic mass is 9.85. The Morgan fingerprint density at radius 3 is 2.30 bits per heavy atom. The number of fused-ring (bicyclic) bond motifs is 3. The van der Waals surface area contributed by atoms with Crippen molar-refractivity contribution in [2.75, 3.05) is 19.5 Å². The molecule has 2 amide bonds. The monoisotopic (exact) mass is 534 g/mol. The van der Waals surface area contributed by atoms with Crippen molar-refractivity contribution in [3.8, 4) is 5.75 Å². The number of anilines is 1. The third-order valence-electron chi connectivity index (χ3n) is 7.37. The quantitative estimate of drug-likeness (QED) is 0.316. The van der Waals surface area contributed by atoms with Gasteiger partial charge in [-0.15, -0.1) is 0 Å². The Morgan fingerprint density at radius 1 is 0.950 bits per heavy atom. The van der Waals surface area contributed by atoms with E-state index in [0.717, 1.165) is 27.9 Å². The van der Waals surface area contributed by atoms with Gasteiger partial charge in [-0.2, -0.15) is 0 Å². The van der Waals surface area contributed by atoms with Crippen LogP contribution >= 0.6 is 0 Å².